The number of nitrogens with zero attached hydrogens (tertiary/aromatic N) is 2. The lowest BCUT2D eigenvalue weighted by molar-refractivity contribution is -0.141. The molecule has 2 aliphatic rings. The summed E-state index contributed by atoms with van der Waals surface area (Å²) in [5.74, 6) is 1.14. The van der Waals surface area contributed by atoms with Crippen molar-refractivity contribution < 1.29 is 24.1 Å². The first-order chi connectivity index (χ1) is 15.6. The summed E-state index contributed by atoms with van der Waals surface area (Å²) in [5.41, 5.74) is 0.783. The Labute approximate surface area is 196 Å². The van der Waals surface area contributed by atoms with Gasteiger partial charge in [-0.1, -0.05) is 34.1 Å². The lowest BCUT2D eigenvalue weighted by Crippen LogP contribution is -2.53. The number of ether oxygens (including phenoxy) is 3. The highest BCUT2D eigenvalue weighted by molar-refractivity contribution is 9.10. The number of benzene rings is 2. The van der Waals surface area contributed by atoms with Crippen molar-refractivity contribution in [3.8, 4) is 5.75 Å². The molecule has 1 saturated heterocycles. The SMILES string of the molecule is O=C(N1CCOCC1)[C@@]1(Cc2ccccc2Br)COC(c2ccc(OCCCO)cc2)=N1. The van der Waals surface area contributed by atoms with Crippen LogP contribution >= 0.6 is 15.9 Å². The Bertz CT molecular complexity index is 959. The molecule has 2 aliphatic heterocycles. The van der Waals surface area contributed by atoms with Crippen LogP contribution in [-0.4, -0.2) is 73.5 Å². The normalized spacial score (nSPS) is 20.6. The van der Waals surface area contributed by atoms with Crippen molar-refractivity contribution in [2.75, 3.05) is 46.1 Å². The number of aliphatic hydroxyl groups is 1. The summed E-state index contributed by atoms with van der Waals surface area (Å²) in [6, 6.07) is 15.3. The fourth-order valence-electron chi connectivity index (χ4n) is 3.84. The van der Waals surface area contributed by atoms with Gasteiger partial charge >= 0.3 is 0 Å². The molecule has 1 amide bonds. The Hall–Kier alpha value is -2.42. The fraction of sp³-hybridized carbons (Fsp3) is 0.417. The van der Waals surface area contributed by atoms with Gasteiger partial charge in [0.1, 0.15) is 12.4 Å². The van der Waals surface area contributed by atoms with Gasteiger partial charge in [-0.2, -0.15) is 0 Å². The monoisotopic (exact) mass is 502 g/mol. The third kappa shape index (κ3) is 5.14. The van der Waals surface area contributed by atoms with E-state index in [-0.39, 0.29) is 19.1 Å². The molecular weight excluding hydrogens is 476 g/mol. The molecule has 0 aromatic heterocycles. The maximum atomic E-state index is 13.6. The molecule has 0 radical (unpaired) electrons. The second-order valence-corrected chi connectivity index (χ2v) is 8.71. The average molecular weight is 503 g/mol. The van der Waals surface area contributed by atoms with Gasteiger partial charge < -0.3 is 24.2 Å². The molecule has 32 heavy (non-hydrogen) atoms. The number of halogens is 1. The topological polar surface area (TPSA) is 80.6 Å². The Morgan fingerprint density at radius 3 is 2.62 bits per heavy atom. The van der Waals surface area contributed by atoms with E-state index >= 15 is 0 Å². The summed E-state index contributed by atoms with van der Waals surface area (Å²) < 4.78 is 18.0. The van der Waals surface area contributed by atoms with E-state index in [1.165, 1.54) is 0 Å². The molecule has 8 heteroatoms. The second-order valence-electron chi connectivity index (χ2n) is 7.86. The van der Waals surface area contributed by atoms with Gasteiger partial charge in [-0.3, -0.25) is 4.79 Å². The molecule has 2 aromatic rings. The van der Waals surface area contributed by atoms with Gasteiger partial charge in [0.15, 0.2) is 5.54 Å². The first-order valence-corrected chi connectivity index (χ1v) is 11.6. The molecule has 0 spiro atoms. The van der Waals surface area contributed by atoms with Crippen LogP contribution in [0.5, 0.6) is 5.75 Å². The molecule has 1 atom stereocenters. The van der Waals surface area contributed by atoms with E-state index in [0.29, 0.717) is 57.4 Å². The molecule has 0 bridgehead atoms. The Morgan fingerprint density at radius 2 is 1.91 bits per heavy atom. The predicted octanol–water partition coefficient (Wildman–Crippen LogP) is 2.83. The highest BCUT2D eigenvalue weighted by atomic mass is 79.9. The van der Waals surface area contributed by atoms with Crippen LogP contribution in [0.1, 0.15) is 17.5 Å². The maximum absolute atomic E-state index is 13.6. The van der Waals surface area contributed by atoms with Gasteiger partial charge in [-0.05, 0) is 35.9 Å². The standard InChI is InChI=1S/C24H27BrN2O5/c25-21-5-2-1-4-19(21)16-24(23(29)27-10-14-30-15-11-27)17-32-22(26-24)18-6-8-20(9-7-18)31-13-3-12-28/h1-2,4-9,28H,3,10-17H2/t24-/m1/s1. The number of hydrogen-bond donors (Lipinski definition) is 1. The molecule has 7 nitrogen and oxygen atoms in total. The first kappa shape index (κ1) is 22.8. The quantitative estimate of drug-likeness (QED) is 0.561. The minimum atomic E-state index is -1.02. The van der Waals surface area contributed by atoms with E-state index in [0.717, 1.165) is 15.6 Å². The van der Waals surface area contributed by atoms with Gasteiger partial charge in [-0.25, -0.2) is 4.99 Å². The smallest absolute Gasteiger partial charge is 0.254 e. The van der Waals surface area contributed by atoms with Crippen LogP contribution in [0.3, 0.4) is 0 Å². The molecule has 1 N–H and O–H groups in total. The summed E-state index contributed by atoms with van der Waals surface area (Å²) in [4.78, 5) is 20.3. The van der Waals surface area contributed by atoms with Crippen molar-refractivity contribution in [3.63, 3.8) is 0 Å². The fourth-order valence-corrected chi connectivity index (χ4v) is 4.26. The predicted molar refractivity (Wildman–Crippen MR) is 124 cm³/mol. The summed E-state index contributed by atoms with van der Waals surface area (Å²) in [7, 11) is 0. The maximum Gasteiger partial charge on any atom is 0.254 e. The summed E-state index contributed by atoms with van der Waals surface area (Å²) >= 11 is 3.60. The van der Waals surface area contributed by atoms with Crippen molar-refractivity contribution >= 4 is 27.7 Å². The Morgan fingerprint density at radius 1 is 1.16 bits per heavy atom. The molecule has 2 heterocycles. The lowest BCUT2D eigenvalue weighted by Gasteiger charge is -2.33. The van der Waals surface area contributed by atoms with Crippen LogP contribution in [0.2, 0.25) is 0 Å². The zero-order valence-corrected chi connectivity index (χ0v) is 19.4. The van der Waals surface area contributed by atoms with Crippen LogP contribution < -0.4 is 4.74 Å². The van der Waals surface area contributed by atoms with Crippen LogP contribution in [0.15, 0.2) is 58.0 Å². The largest absolute Gasteiger partial charge is 0.494 e. The third-order valence-electron chi connectivity index (χ3n) is 5.57. The molecule has 0 aliphatic carbocycles. The number of carbonyl (C=O) groups excluding carboxylic acids is 1. The van der Waals surface area contributed by atoms with Crippen LogP contribution in [-0.2, 0) is 20.7 Å². The molecule has 1 fully saturated rings. The van der Waals surface area contributed by atoms with E-state index in [1.54, 1.807) is 0 Å². The lowest BCUT2D eigenvalue weighted by atomic mass is 9.90. The molecular formula is C24H27BrN2O5. The number of carbonyl (C=O) groups is 1. The van der Waals surface area contributed by atoms with Crippen LogP contribution in [0.25, 0.3) is 0 Å². The number of aliphatic imine (C=N–C) groups is 1. The van der Waals surface area contributed by atoms with Crippen LogP contribution in [0.4, 0.5) is 0 Å². The van der Waals surface area contributed by atoms with Gasteiger partial charge in [0, 0.05) is 42.6 Å². The highest BCUT2D eigenvalue weighted by Gasteiger charge is 2.47. The number of rotatable bonds is 8. The highest BCUT2D eigenvalue weighted by Crippen LogP contribution is 2.31. The van der Waals surface area contributed by atoms with Crippen molar-refractivity contribution in [2.45, 2.75) is 18.4 Å². The third-order valence-corrected chi connectivity index (χ3v) is 6.35. The number of aliphatic hydroxyl groups excluding tert-OH is 1. The minimum absolute atomic E-state index is 0.0319. The van der Waals surface area contributed by atoms with Crippen LogP contribution in [0, 0.1) is 0 Å². The van der Waals surface area contributed by atoms with Gasteiger partial charge in [0.25, 0.3) is 5.91 Å². The number of amides is 1. The van der Waals surface area contributed by atoms with Crippen molar-refractivity contribution in [1.29, 1.82) is 0 Å². The van der Waals surface area contributed by atoms with E-state index in [4.69, 9.17) is 24.3 Å². The zero-order valence-electron chi connectivity index (χ0n) is 17.8. The average Bonchev–Trinajstić information content (AvgIpc) is 3.26. The summed E-state index contributed by atoms with van der Waals surface area (Å²) in [6.07, 6.45) is 1.02. The van der Waals surface area contributed by atoms with Crippen molar-refractivity contribution in [1.82, 2.24) is 4.90 Å². The number of morpholine rings is 1. The van der Waals surface area contributed by atoms with E-state index < -0.39 is 5.54 Å². The van der Waals surface area contributed by atoms with E-state index in [9.17, 15) is 4.79 Å². The number of hydrogen-bond acceptors (Lipinski definition) is 6. The molecule has 2 aromatic carbocycles. The second kappa shape index (κ2) is 10.5. The first-order valence-electron chi connectivity index (χ1n) is 10.8. The van der Waals surface area contributed by atoms with Gasteiger partial charge in [0.05, 0.1) is 19.8 Å². The summed E-state index contributed by atoms with van der Waals surface area (Å²) in [5, 5.41) is 8.89. The van der Waals surface area contributed by atoms with E-state index in [2.05, 4.69) is 15.9 Å². The van der Waals surface area contributed by atoms with Gasteiger partial charge in [-0.15, -0.1) is 0 Å². The summed E-state index contributed by atoms with van der Waals surface area (Å²) in [6.45, 7) is 2.92. The van der Waals surface area contributed by atoms with Crippen molar-refractivity contribution in [2.24, 2.45) is 4.99 Å². The van der Waals surface area contributed by atoms with Crippen molar-refractivity contribution in [3.05, 3.63) is 64.1 Å². The molecule has 0 saturated carbocycles. The minimum Gasteiger partial charge on any atom is -0.494 e. The molecule has 4 rings (SSSR count). The van der Waals surface area contributed by atoms with E-state index in [1.807, 2.05) is 53.4 Å². The molecule has 0 unspecified atom stereocenters. The molecule has 170 valence electrons. The Kier molecular flexibility index (Phi) is 7.44. The zero-order chi connectivity index (χ0) is 22.4. The Balaban J connectivity index is 1.60. The van der Waals surface area contributed by atoms with Gasteiger partial charge in [0.2, 0.25) is 5.90 Å².